The first kappa shape index (κ1) is 19.4. The molecule has 3 aromatic rings. The summed E-state index contributed by atoms with van der Waals surface area (Å²) < 4.78 is 6.25. The average Bonchev–Trinajstić information content (AvgIpc) is 3.36. The van der Waals surface area contributed by atoms with Gasteiger partial charge in [0.15, 0.2) is 17.4 Å². The first-order chi connectivity index (χ1) is 13.3. The van der Waals surface area contributed by atoms with Crippen molar-refractivity contribution in [3.05, 3.63) is 28.8 Å². The number of aliphatic hydroxyl groups excluding tert-OH is 3. The van der Waals surface area contributed by atoms with Crippen molar-refractivity contribution in [3.63, 3.8) is 0 Å². The number of nitrogen functional groups attached to an aromatic ring is 1. The second kappa shape index (κ2) is 7.69. The molecular formula is C13H17N9O6. The number of imidazole rings is 1. The molecular weight excluding hydrogens is 378 g/mol. The Morgan fingerprint density at radius 3 is 2.68 bits per heavy atom. The third-order valence-corrected chi connectivity index (χ3v) is 3.82. The molecule has 1 fully saturated rings. The molecule has 15 heteroatoms. The molecule has 3 aromatic heterocycles. The largest absolute Gasteiger partial charge is 0.394 e. The van der Waals surface area contributed by atoms with Crippen molar-refractivity contribution < 1.29 is 24.9 Å². The maximum absolute atomic E-state index is 11.0. The Balaban J connectivity index is 0.000000176. The lowest BCUT2D eigenvalue weighted by molar-refractivity contribution is -0.0588. The summed E-state index contributed by atoms with van der Waals surface area (Å²) in [5, 5.41) is 31.8. The van der Waals surface area contributed by atoms with Crippen molar-refractivity contribution in [2.24, 2.45) is 5.73 Å². The van der Waals surface area contributed by atoms with E-state index in [1.807, 2.05) is 0 Å². The monoisotopic (exact) mass is 395 g/mol. The zero-order valence-electron chi connectivity index (χ0n) is 14.1. The van der Waals surface area contributed by atoms with Gasteiger partial charge in [0, 0.05) is 0 Å². The van der Waals surface area contributed by atoms with Crippen molar-refractivity contribution in [2.45, 2.75) is 24.5 Å². The van der Waals surface area contributed by atoms with Crippen LogP contribution in [0.2, 0.25) is 0 Å². The molecule has 0 unspecified atom stereocenters. The molecule has 4 atom stereocenters. The number of ether oxygens (including phenoxy) is 1. The molecule has 15 nitrogen and oxygen atoms in total. The van der Waals surface area contributed by atoms with Crippen LogP contribution < -0.4 is 17.0 Å². The van der Waals surface area contributed by atoms with Crippen molar-refractivity contribution >= 4 is 23.0 Å². The third kappa shape index (κ3) is 3.67. The highest BCUT2D eigenvalue weighted by molar-refractivity contribution is 5.88. The number of H-pyrrole nitrogens is 2. The van der Waals surface area contributed by atoms with Crippen LogP contribution >= 0.6 is 0 Å². The number of carbonyl (C=O) groups is 1. The Morgan fingerprint density at radius 2 is 2.07 bits per heavy atom. The van der Waals surface area contributed by atoms with Crippen LogP contribution in [0.4, 0.5) is 5.95 Å². The standard InChI is InChI=1S/C8H12N4O5.C5H5N5O/c9-6(16)7-10-2-12(11-7)8-5(15)4(14)3(1-13)17-8;6-5-9-3-2(4(11)10-5)7-1-8-3/h2-5,8,13-15H,1H2,(H2,9,16);1H,(H4,6,7,8,9,10,11)/t3-,4-,5-,8-;/m1./s1. The predicted molar refractivity (Wildman–Crippen MR) is 90.5 cm³/mol. The Kier molecular flexibility index (Phi) is 5.32. The summed E-state index contributed by atoms with van der Waals surface area (Å²) in [4.78, 5) is 37.9. The van der Waals surface area contributed by atoms with Gasteiger partial charge < -0.3 is 36.5 Å². The van der Waals surface area contributed by atoms with E-state index in [1.54, 1.807) is 0 Å². The number of nitrogens with two attached hydrogens (primary N) is 2. The summed E-state index contributed by atoms with van der Waals surface area (Å²) in [6, 6.07) is 0. The molecule has 1 aliphatic rings. The molecule has 28 heavy (non-hydrogen) atoms. The van der Waals surface area contributed by atoms with E-state index in [0.717, 1.165) is 11.0 Å². The van der Waals surface area contributed by atoms with Gasteiger partial charge in [-0.15, -0.1) is 5.10 Å². The molecule has 0 radical (unpaired) electrons. The molecule has 0 saturated carbocycles. The zero-order valence-corrected chi connectivity index (χ0v) is 14.1. The predicted octanol–water partition coefficient (Wildman–Crippen LogP) is -3.78. The van der Waals surface area contributed by atoms with E-state index in [0.29, 0.717) is 11.2 Å². The van der Waals surface area contributed by atoms with Crippen LogP contribution in [0.25, 0.3) is 11.2 Å². The van der Waals surface area contributed by atoms with E-state index < -0.39 is 37.1 Å². The Morgan fingerprint density at radius 1 is 1.32 bits per heavy atom. The first-order valence-corrected chi connectivity index (χ1v) is 7.84. The number of nitrogens with zero attached hydrogens (tertiary/aromatic N) is 5. The average molecular weight is 395 g/mol. The molecule has 9 N–H and O–H groups in total. The molecule has 0 spiro atoms. The highest BCUT2D eigenvalue weighted by Crippen LogP contribution is 2.28. The fourth-order valence-corrected chi connectivity index (χ4v) is 2.47. The highest BCUT2D eigenvalue weighted by atomic mass is 16.6. The Hall–Kier alpha value is -3.40. The Labute approximate surface area is 155 Å². The smallest absolute Gasteiger partial charge is 0.288 e. The molecule has 0 aliphatic carbocycles. The van der Waals surface area contributed by atoms with Crippen LogP contribution in [-0.4, -0.2) is 80.8 Å². The second-order valence-electron chi connectivity index (χ2n) is 5.69. The van der Waals surface area contributed by atoms with Crippen molar-refractivity contribution in [2.75, 3.05) is 12.3 Å². The summed E-state index contributed by atoms with van der Waals surface area (Å²) in [7, 11) is 0. The maximum atomic E-state index is 11.0. The number of aromatic nitrogens is 7. The van der Waals surface area contributed by atoms with Gasteiger partial charge in [-0.2, -0.15) is 4.98 Å². The fourth-order valence-electron chi connectivity index (χ4n) is 2.47. The van der Waals surface area contributed by atoms with Crippen molar-refractivity contribution in [1.29, 1.82) is 0 Å². The topological polar surface area (TPSA) is 244 Å². The van der Waals surface area contributed by atoms with Crippen LogP contribution in [0.1, 0.15) is 16.8 Å². The van der Waals surface area contributed by atoms with E-state index in [9.17, 15) is 19.8 Å². The minimum absolute atomic E-state index is 0.0783. The summed E-state index contributed by atoms with van der Waals surface area (Å²) in [5.74, 6) is -0.951. The van der Waals surface area contributed by atoms with Gasteiger partial charge in [-0.05, 0) is 0 Å². The number of primary amides is 1. The number of rotatable bonds is 3. The van der Waals surface area contributed by atoms with Crippen molar-refractivity contribution in [3.8, 4) is 0 Å². The molecule has 150 valence electrons. The van der Waals surface area contributed by atoms with Gasteiger partial charge in [-0.25, -0.2) is 14.6 Å². The number of aliphatic hydroxyl groups is 3. The van der Waals surface area contributed by atoms with E-state index in [-0.39, 0.29) is 17.3 Å². The van der Waals surface area contributed by atoms with Crippen LogP contribution in [0.5, 0.6) is 0 Å². The van der Waals surface area contributed by atoms with E-state index >= 15 is 0 Å². The fraction of sp³-hybridized carbons (Fsp3) is 0.385. The van der Waals surface area contributed by atoms with Gasteiger partial charge >= 0.3 is 0 Å². The minimum atomic E-state index is -1.27. The van der Waals surface area contributed by atoms with E-state index in [2.05, 4.69) is 30.0 Å². The van der Waals surface area contributed by atoms with Gasteiger partial charge in [0.1, 0.15) is 24.6 Å². The number of hydrogen-bond acceptors (Lipinski definition) is 11. The van der Waals surface area contributed by atoms with Gasteiger partial charge in [0.25, 0.3) is 11.5 Å². The van der Waals surface area contributed by atoms with Crippen LogP contribution in [0.3, 0.4) is 0 Å². The van der Waals surface area contributed by atoms with Gasteiger partial charge in [0.05, 0.1) is 12.9 Å². The van der Waals surface area contributed by atoms with Gasteiger partial charge in [-0.1, -0.05) is 0 Å². The number of carbonyl (C=O) groups excluding carboxylic acids is 1. The number of aromatic amines is 2. The zero-order chi connectivity index (χ0) is 20.4. The quantitative estimate of drug-likeness (QED) is 0.227. The SMILES string of the molecule is NC(=O)c1ncn([C@@H]2O[C@H](CO)[C@@H](O)[C@H]2O)n1.Nc1nc2nc[nH]c2c(=O)[nH]1. The number of fused-ring (bicyclic) bond motifs is 1. The van der Waals surface area contributed by atoms with E-state index in [4.69, 9.17) is 21.3 Å². The van der Waals surface area contributed by atoms with Crippen LogP contribution in [-0.2, 0) is 4.74 Å². The maximum Gasteiger partial charge on any atom is 0.288 e. The van der Waals surface area contributed by atoms with Crippen molar-refractivity contribution in [1.82, 2.24) is 34.7 Å². The number of anilines is 1. The summed E-state index contributed by atoms with van der Waals surface area (Å²) in [6.07, 6.45) is -1.87. The molecule has 1 aliphatic heterocycles. The Bertz CT molecular complexity index is 1030. The highest BCUT2D eigenvalue weighted by Gasteiger charge is 2.44. The van der Waals surface area contributed by atoms with Gasteiger partial charge in [-0.3, -0.25) is 14.6 Å². The summed E-state index contributed by atoms with van der Waals surface area (Å²) >= 11 is 0. The molecule has 0 aromatic carbocycles. The van der Waals surface area contributed by atoms with Crippen LogP contribution in [0, 0.1) is 0 Å². The minimum Gasteiger partial charge on any atom is -0.394 e. The third-order valence-electron chi connectivity index (χ3n) is 3.82. The number of nitrogens with one attached hydrogen (secondary N) is 2. The van der Waals surface area contributed by atoms with E-state index in [1.165, 1.54) is 6.33 Å². The lowest BCUT2D eigenvalue weighted by atomic mass is 10.1. The summed E-state index contributed by atoms with van der Waals surface area (Å²) in [5.41, 5.74) is 10.6. The summed E-state index contributed by atoms with van der Waals surface area (Å²) in [6.45, 7) is -0.438. The first-order valence-electron chi connectivity index (χ1n) is 7.84. The number of amides is 1. The lowest BCUT2D eigenvalue weighted by Crippen LogP contribution is -2.33. The molecule has 0 bridgehead atoms. The second-order valence-corrected chi connectivity index (χ2v) is 5.69. The lowest BCUT2D eigenvalue weighted by Gasteiger charge is -2.13. The molecule has 4 heterocycles. The molecule has 1 amide bonds. The normalized spacial score (nSPS) is 24.1. The van der Waals surface area contributed by atoms with Gasteiger partial charge in [0.2, 0.25) is 11.8 Å². The molecule has 4 rings (SSSR count). The molecule has 1 saturated heterocycles. The van der Waals surface area contributed by atoms with Crippen LogP contribution in [0.15, 0.2) is 17.4 Å². The number of hydrogen-bond donors (Lipinski definition) is 7.